The van der Waals surface area contributed by atoms with E-state index in [2.05, 4.69) is 15.9 Å². The summed E-state index contributed by atoms with van der Waals surface area (Å²) in [4.78, 5) is 0. The van der Waals surface area contributed by atoms with Gasteiger partial charge in [0, 0.05) is 15.6 Å². The van der Waals surface area contributed by atoms with Crippen molar-refractivity contribution in [2.45, 2.75) is 0 Å². The summed E-state index contributed by atoms with van der Waals surface area (Å²) >= 11 is 7.73. The van der Waals surface area contributed by atoms with Crippen molar-refractivity contribution in [2.75, 3.05) is 0 Å². The molecule has 6 heteroatoms. The van der Waals surface area contributed by atoms with Gasteiger partial charge in [0.2, 0.25) is 5.96 Å². The van der Waals surface area contributed by atoms with Crippen LogP contribution in [0.1, 0.15) is 5.56 Å². The van der Waals surface area contributed by atoms with Crippen LogP contribution < -0.4 is 11.2 Å². The largest absolute Gasteiger partial charge is 0.369 e. The zero-order valence-corrected chi connectivity index (χ0v) is 9.72. The molecule has 4 nitrogen and oxygen atoms in total. The predicted molar refractivity (Wildman–Crippen MR) is 69.5 cm³/mol. The SMILES string of the molecule is [H]/N=C(\N)NN=Cc1c(Cl)ccc2sccc12. The highest BCUT2D eigenvalue weighted by Gasteiger charge is 2.04. The van der Waals surface area contributed by atoms with Crippen molar-refractivity contribution >= 4 is 45.2 Å². The topological polar surface area (TPSA) is 74.3 Å². The van der Waals surface area contributed by atoms with Gasteiger partial charge in [-0.1, -0.05) is 11.6 Å². The molecule has 0 aliphatic heterocycles. The molecule has 1 aromatic heterocycles. The molecule has 0 saturated heterocycles. The molecule has 1 heterocycles. The number of fused-ring (bicyclic) bond motifs is 1. The lowest BCUT2D eigenvalue weighted by Crippen LogP contribution is -2.25. The van der Waals surface area contributed by atoms with E-state index < -0.39 is 0 Å². The fourth-order valence-electron chi connectivity index (χ4n) is 1.33. The van der Waals surface area contributed by atoms with E-state index in [-0.39, 0.29) is 5.96 Å². The lowest BCUT2D eigenvalue weighted by molar-refractivity contribution is 1.00. The second-order valence-corrected chi connectivity index (χ2v) is 4.40. The molecular weight excluding hydrogens is 244 g/mol. The summed E-state index contributed by atoms with van der Waals surface area (Å²) in [6.07, 6.45) is 1.56. The number of thiophene rings is 1. The Balaban J connectivity index is 2.34. The summed E-state index contributed by atoms with van der Waals surface area (Å²) in [5.41, 5.74) is 8.51. The maximum atomic E-state index is 6.64. The van der Waals surface area contributed by atoms with Crippen molar-refractivity contribution in [2.24, 2.45) is 10.8 Å². The van der Waals surface area contributed by atoms with Crippen LogP contribution in [0, 0.1) is 5.40 Å². The molecule has 82 valence electrons. The van der Waals surface area contributed by atoms with Crippen LogP contribution >= 0.6 is 22.9 Å². The third kappa shape index (κ3) is 2.15. The van der Waals surface area contributed by atoms with E-state index >= 15 is 0 Å². The fourth-order valence-corrected chi connectivity index (χ4v) is 2.35. The molecule has 0 saturated carbocycles. The number of hydrogen-bond donors (Lipinski definition) is 3. The van der Waals surface area contributed by atoms with E-state index in [0.29, 0.717) is 5.02 Å². The molecule has 16 heavy (non-hydrogen) atoms. The second-order valence-electron chi connectivity index (χ2n) is 3.05. The molecule has 0 unspecified atom stereocenters. The first-order valence-corrected chi connectivity index (χ1v) is 5.70. The van der Waals surface area contributed by atoms with E-state index in [1.54, 1.807) is 17.6 Å². The Morgan fingerprint density at radius 2 is 2.50 bits per heavy atom. The quantitative estimate of drug-likeness (QED) is 0.436. The first-order chi connectivity index (χ1) is 8.22. The van der Waals surface area contributed by atoms with Crippen molar-refractivity contribution in [1.82, 2.24) is 5.43 Å². The zero-order chi connectivity index (χ0) is 12.3. The highest BCUT2D eigenvalue weighted by Crippen LogP contribution is 2.28. The minimum absolute atomic E-state index is 0.0742. The number of hydrazone groups is 1. The van der Waals surface area contributed by atoms with Gasteiger partial charge in [-0.05, 0) is 23.6 Å². The zero-order valence-electron chi connectivity index (χ0n) is 9.14. The first-order valence-electron chi connectivity index (χ1n) is 4.89. The summed E-state index contributed by atoms with van der Waals surface area (Å²) in [5.74, 6) is -0.0742. The molecule has 4 N–H and O–H groups in total. The van der Waals surface area contributed by atoms with Crippen molar-refractivity contribution in [3.05, 3.63) is 34.2 Å². The Labute approximate surface area is 103 Å². The number of nitrogens with two attached hydrogens (primary N) is 1. The molecule has 0 amide bonds. The Bertz CT molecular complexity index is 593. The third-order valence-electron chi connectivity index (χ3n) is 2.00. The van der Waals surface area contributed by atoms with Gasteiger partial charge in [-0.15, -0.1) is 11.3 Å². The van der Waals surface area contributed by atoms with Gasteiger partial charge in [0.15, 0.2) is 1.41 Å². The molecule has 2 aromatic rings. The third-order valence-corrected chi connectivity index (χ3v) is 3.21. The van der Waals surface area contributed by atoms with Crippen LogP contribution in [0.3, 0.4) is 0 Å². The van der Waals surface area contributed by atoms with Gasteiger partial charge in [-0.2, -0.15) is 5.10 Å². The van der Waals surface area contributed by atoms with Gasteiger partial charge in [0.1, 0.15) is 0 Å². The van der Waals surface area contributed by atoms with Gasteiger partial charge in [0.25, 0.3) is 0 Å². The van der Waals surface area contributed by atoms with Crippen molar-refractivity contribution in [1.29, 1.82) is 5.40 Å². The number of nitrogens with zero attached hydrogens (tertiary/aromatic N) is 1. The summed E-state index contributed by atoms with van der Waals surface area (Å²) in [7, 11) is 0. The molecule has 0 atom stereocenters. The number of guanidine groups is 1. The monoisotopic (exact) mass is 252 g/mol. The van der Waals surface area contributed by atoms with Crippen LogP contribution in [-0.4, -0.2) is 12.2 Å². The first kappa shape index (κ1) is 9.62. The minimum atomic E-state index is -0.0742. The van der Waals surface area contributed by atoms with Gasteiger partial charge in [-0.3, -0.25) is 5.40 Å². The maximum absolute atomic E-state index is 6.64. The molecule has 0 radical (unpaired) electrons. The normalized spacial score (nSPS) is 13.3. The lowest BCUT2D eigenvalue weighted by Gasteiger charge is -2.00. The summed E-state index contributed by atoms with van der Waals surface area (Å²) in [6.45, 7) is 0. The van der Waals surface area contributed by atoms with Crippen LogP contribution in [0.4, 0.5) is 0 Å². The standard InChI is InChI=1S/C10H9ClN4S/c11-8-1-2-9-6(3-4-16-9)7(8)5-14-15-10(12)13/h1-5H,(H4,12,13,15). The Morgan fingerprint density at radius 1 is 1.62 bits per heavy atom. The minimum Gasteiger partial charge on any atom is -0.369 e. The van der Waals surface area contributed by atoms with Crippen LogP contribution in [0.15, 0.2) is 28.7 Å². The van der Waals surface area contributed by atoms with Crippen LogP contribution in [0.25, 0.3) is 10.1 Å². The number of rotatable bonds is 2. The summed E-state index contributed by atoms with van der Waals surface area (Å²) < 4.78 is 7.78. The van der Waals surface area contributed by atoms with Gasteiger partial charge < -0.3 is 5.73 Å². The van der Waals surface area contributed by atoms with Crippen molar-refractivity contribution in [3.8, 4) is 0 Å². The lowest BCUT2D eigenvalue weighted by atomic mass is 10.1. The molecule has 0 aliphatic rings. The molecule has 2 rings (SSSR count). The summed E-state index contributed by atoms with van der Waals surface area (Å²) in [5, 5.41) is 10.5. The van der Waals surface area contributed by atoms with Crippen molar-refractivity contribution < 1.29 is 1.41 Å². The van der Waals surface area contributed by atoms with Crippen LogP contribution in [0.2, 0.25) is 6.43 Å². The molecule has 0 aliphatic carbocycles. The second kappa shape index (κ2) is 4.51. The molecule has 0 bridgehead atoms. The van der Waals surface area contributed by atoms with E-state index in [0.717, 1.165) is 15.6 Å². The highest BCUT2D eigenvalue weighted by molar-refractivity contribution is 7.17. The maximum Gasteiger partial charge on any atom is 0.206 e. The van der Waals surface area contributed by atoms with E-state index in [9.17, 15) is 0 Å². The van der Waals surface area contributed by atoms with Gasteiger partial charge in [-0.25, -0.2) is 5.43 Å². The average Bonchev–Trinajstić information content (AvgIpc) is 2.80. The molecule has 0 fully saturated rings. The Kier molecular flexibility index (Phi) is 2.71. The predicted octanol–water partition coefficient (Wildman–Crippen LogP) is 2.37. The number of halogens is 1. The molecule has 1 aromatic carbocycles. The van der Waals surface area contributed by atoms with Crippen LogP contribution in [0.5, 0.6) is 0 Å². The molecule has 0 spiro atoms. The average molecular weight is 253 g/mol. The number of nitrogens with one attached hydrogen (secondary N) is 2. The van der Waals surface area contributed by atoms with Gasteiger partial charge >= 0.3 is 0 Å². The number of hydrogen-bond acceptors (Lipinski definition) is 3. The van der Waals surface area contributed by atoms with Gasteiger partial charge in [0.05, 0.1) is 11.2 Å². The molecular formula is C10H9ClN4S. The Hall–Kier alpha value is -1.59. The van der Waals surface area contributed by atoms with Crippen molar-refractivity contribution in [3.63, 3.8) is 0 Å². The fraction of sp³-hybridized carbons (Fsp3) is 0. The highest BCUT2D eigenvalue weighted by atomic mass is 35.5. The smallest absolute Gasteiger partial charge is 0.206 e. The number of benzene rings is 1. The van der Waals surface area contributed by atoms with E-state index in [4.69, 9.17) is 18.7 Å². The van der Waals surface area contributed by atoms with E-state index in [1.165, 1.54) is 0 Å². The summed E-state index contributed by atoms with van der Waals surface area (Å²) in [6, 6.07) is 5.77. The van der Waals surface area contributed by atoms with Crippen LogP contribution in [-0.2, 0) is 0 Å². The Morgan fingerprint density at radius 3 is 3.31 bits per heavy atom. The van der Waals surface area contributed by atoms with E-state index in [1.807, 2.05) is 23.6 Å².